The van der Waals surface area contributed by atoms with Crippen LogP contribution >= 0.6 is 0 Å². The molecular formula is C55H64F10N10O8. The number of ether oxygens (including phenoxy) is 3. The van der Waals surface area contributed by atoms with Crippen molar-refractivity contribution in [1.82, 2.24) is 46.0 Å². The van der Waals surface area contributed by atoms with Crippen molar-refractivity contribution in [2.75, 3.05) is 58.5 Å². The number of benzene rings is 2. The first kappa shape index (κ1) is 63.4. The van der Waals surface area contributed by atoms with Crippen LogP contribution in [0, 0.1) is 39.7 Å². The van der Waals surface area contributed by atoms with Gasteiger partial charge in [-0.3, -0.25) is 19.9 Å². The average molecular weight is 1180 g/mol. The highest BCUT2D eigenvalue weighted by atomic mass is 19.4. The van der Waals surface area contributed by atoms with Crippen LogP contribution in [0.4, 0.5) is 59.3 Å². The minimum absolute atomic E-state index is 0.168. The molecule has 452 valence electrons. The molecule has 0 radical (unpaired) electrons. The number of hydrogen-bond acceptors (Lipinski definition) is 13. The van der Waals surface area contributed by atoms with E-state index in [0.29, 0.717) is 68.0 Å². The zero-order valence-corrected chi connectivity index (χ0v) is 46.2. The van der Waals surface area contributed by atoms with Crippen LogP contribution in [0.25, 0.3) is 11.1 Å². The van der Waals surface area contributed by atoms with Crippen LogP contribution in [0.1, 0.15) is 76.3 Å². The molecule has 3 saturated heterocycles. The first-order valence-electron chi connectivity index (χ1n) is 26.2. The minimum Gasteiger partial charge on any atom is -0.453 e. The highest BCUT2D eigenvalue weighted by Crippen LogP contribution is 2.42. The molecule has 0 aliphatic carbocycles. The molecule has 3 aliphatic heterocycles. The molecule has 4 aromatic rings. The molecule has 6 atom stereocenters. The van der Waals surface area contributed by atoms with Crippen molar-refractivity contribution in [3.05, 3.63) is 101 Å². The summed E-state index contributed by atoms with van der Waals surface area (Å²) in [7, 11) is 1.61. The average Bonchev–Trinajstić information content (AvgIpc) is 3.52. The lowest BCUT2D eigenvalue weighted by atomic mass is 9.82. The Labute approximate surface area is 471 Å². The number of aromatic nitrogens is 3. The van der Waals surface area contributed by atoms with Crippen LogP contribution in [0.3, 0.4) is 0 Å². The second kappa shape index (κ2) is 25.3. The number of carbonyl (C=O) groups is 4. The Kier molecular flexibility index (Phi) is 19.3. The lowest BCUT2D eigenvalue weighted by Crippen LogP contribution is -2.63. The number of nitrogens with one attached hydrogen (secondary N) is 4. The summed E-state index contributed by atoms with van der Waals surface area (Å²) in [5.41, 5.74) is -4.04. The smallest absolute Gasteiger partial charge is 0.407 e. The molecule has 3 aliphatic rings. The van der Waals surface area contributed by atoms with E-state index in [1.807, 2.05) is 22.9 Å². The predicted octanol–water partition coefficient (Wildman–Crippen LogP) is 7.26. The second-order valence-corrected chi connectivity index (χ2v) is 22.3. The summed E-state index contributed by atoms with van der Waals surface area (Å²) >= 11 is 0. The van der Waals surface area contributed by atoms with Gasteiger partial charge in [-0.25, -0.2) is 33.0 Å². The van der Waals surface area contributed by atoms with Crippen LogP contribution in [0.2, 0.25) is 0 Å². The third-order valence-corrected chi connectivity index (χ3v) is 15.3. The molecule has 2 aromatic carbocycles. The number of piperazine rings is 1. The third kappa shape index (κ3) is 14.9. The van der Waals surface area contributed by atoms with E-state index in [9.17, 15) is 59.4 Å². The molecule has 2 bridgehead atoms. The summed E-state index contributed by atoms with van der Waals surface area (Å²) in [6.45, 7) is 3.32. The fourth-order valence-electron chi connectivity index (χ4n) is 9.99. The van der Waals surface area contributed by atoms with Crippen LogP contribution in [-0.2, 0) is 36.8 Å². The van der Waals surface area contributed by atoms with Gasteiger partial charge in [0.05, 0.1) is 56.6 Å². The van der Waals surface area contributed by atoms with Gasteiger partial charge in [-0.15, -0.1) is 0 Å². The Hall–Kier alpha value is -7.22. The molecule has 83 heavy (non-hydrogen) atoms. The Balaban J connectivity index is 1.17. The minimum atomic E-state index is -5.23. The van der Waals surface area contributed by atoms with Crippen LogP contribution < -0.4 is 26.3 Å². The summed E-state index contributed by atoms with van der Waals surface area (Å²) < 4.78 is 161. The topological polar surface area (TPSA) is 205 Å². The number of methoxy groups -OCH3 is 2. The molecule has 18 nitrogen and oxygen atoms in total. The van der Waals surface area contributed by atoms with Crippen LogP contribution in [-0.4, -0.2) is 156 Å². The van der Waals surface area contributed by atoms with Gasteiger partial charge in [0.25, 0.3) is 5.91 Å². The largest absolute Gasteiger partial charge is 0.453 e. The predicted molar refractivity (Wildman–Crippen MR) is 279 cm³/mol. The van der Waals surface area contributed by atoms with E-state index in [-0.39, 0.29) is 26.8 Å². The van der Waals surface area contributed by atoms with Gasteiger partial charge < -0.3 is 40.2 Å². The standard InChI is InChI=1S/C55H64F10N10O8/c1-51(2,54(60,61)62)44(69-49(79)81-6)46(77)68-41(18-32-11-8-31(9-12-32)10-13-33-14-17-43(66-21-33)72-24-36-15-16-37(25-72)74(36)28-53(5)29-83-30-53)42(76)27-73(71-47(78)45(70-50(80)82-7)52(3,4)55(63,64)65)26-38-39(56)19-34(20-40(38)57)35-22-67-75(23-35)48(58)59/h8-9,11-12,14,17,19-23,36-37,41-42,44-45,48,76H,15-16,18,24-30H2,1-7H3,(H,68,77)(H,69,79)(H,70,80)(H,71,78)/t36?,37?,41-,42-,44?,45+/m0/s1. The van der Waals surface area contributed by atoms with Gasteiger partial charge in [0.1, 0.15) is 29.5 Å². The molecule has 5 heterocycles. The third-order valence-electron chi connectivity index (χ3n) is 15.3. The number of anilines is 1. The van der Waals surface area contributed by atoms with E-state index < -0.39 is 115 Å². The second-order valence-electron chi connectivity index (χ2n) is 22.3. The van der Waals surface area contributed by atoms with Gasteiger partial charge >= 0.3 is 31.1 Å². The van der Waals surface area contributed by atoms with E-state index in [4.69, 9.17) is 9.72 Å². The lowest BCUT2D eigenvalue weighted by Gasteiger charge is -2.48. The van der Waals surface area contributed by atoms with Crippen molar-refractivity contribution in [2.24, 2.45) is 16.2 Å². The van der Waals surface area contributed by atoms with Gasteiger partial charge in [-0.05, 0) is 94.5 Å². The fraction of sp³-hybridized carbons (Fsp3) is 0.527. The van der Waals surface area contributed by atoms with E-state index in [0.717, 1.165) is 78.1 Å². The molecule has 2 aromatic heterocycles. The van der Waals surface area contributed by atoms with E-state index >= 15 is 8.78 Å². The number of carbonyl (C=O) groups excluding carboxylic acids is 4. The van der Waals surface area contributed by atoms with Crippen LogP contribution in [0.5, 0.6) is 0 Å². The quantitative estimate of drug-likeness (QED) is 0.0337. The summed E-state index contributed by atoms with van der Waals surface area (Å²) in [4.78, 5) is 62.5. The molecule has 7 rings (SSSR count). The van der Waals surface area contributed by atoms with Gasteiger partial charge in [0.15, 0.2) is 0 Å². The number of rotatable bonds is 20. The first-order chi connectivity index (χ1) is 38.8. The number of amides is 4. The number of alkyl halides is 8. The van der Waals surface area contributed by atoms with E-state index in [2.05, 4.69) is 48.5 Å². The van der Waals surface area contributed by atoms with Crippen molar-refractivity contribution in [3.8, 4) is 23.0 Å². The number of alkyl carbamates (subject to hydrolysis) is 2. The monoisotopic (exact) mass is 1180 g/mol. The highest BCUT2D eigenvalue weighted by Gasteiger charge is 2.57. The Bertz CT molecular complexity index is 2980. The van der Waals surface area contributed by atoms with Crippen molar-refractivity contribution in [2.45, 2.75) is 116 Å². The summed E-state index contributed by atoms with van der Waals surface area (Å²) in [6, 6.07) is 5.22. The number of aliphatic hydroxyl groups is 1. The number of hydrazine groups is 1. The first-order valence-corrected chi connectivity index (χ1v) is 26.2. The molecule has 4 amide bonds. The maximum absolute atomic E-state index is 16.1. The Morgan fingerprint density at radius 3 is 1.82 bits per heavy atom. The van der Waals surface area contributed by atoms with Crippen molar-refractivity contribution < 1.29 is 82.4 Å². The summed E-state index contributed by atoms with van der Waals surface area (Å²) in [6.07, 6.45) is -10.5. The number of nitrogens with zero attached hydrogens (tertiary/aromatic N) is 6. The van der Waals surface area contributed by atoms with Gasteiger partial charge in [0, 0.05) is 84.9 Å². The van der Waals surface area contributed by atoms with Crippen molar-refractivity contribution in [3.63, 3.8) is 0 Å². The molecule has 3 fully saturated rings. The molecule has 0 saturated carbocycles. The number of hydrogen-bond donors (Lipinski definition) is 5. The normalized spacial score (nSPS) is 18.7. The van der Waals surface area contributed by atoms with Gasteiger partial charge in [0.2, 0.25) is 5.91 Å². The molecular weight excluding hydrogens is 1120 g/mol. The zero-order chi connectivity index (χ0) is 61.0. The molecule has 5 N–H and O–H groups in total. The SMILES string of the molecule is COC(=O)NC(C(=O)N[C@@H](Cc1ccc(C#Cc2ccc(N3CC4CCC(C3)N4CC3(C)COC3)nc2)cc1)[C@@H](O)CN(Cc1c(F)cc(-c2cnn(C(F)F)c2)cc1F)NC(=O)[C@@H](NC(=O)OC)C(C)(C)C(F)(F)F)C(C)(C)C(F)(F)F. The van der Waals surface area contributed by atoms with Gasteiger partial charge in [-0.2, -0.15) is 40.2 Å². The zero-order valence-electron chi connectivity index (χ0n) is 46.2. The van der Waals surface area contributed by atoms with E-state index in [1.165, 1.54) is 12.1 Å². The molecule has 0 spiro atoms. The Morgan fingerprint density at radius 2 is 1.34 bits per heavy atom. The van der Waals surface area contributed by atoms with Gasteiger partial charge in [-0.1, -0.05) is 30.9 Å². The number of halogens is 10. The Morgan fingerprint density at radius 1 is 0.795 bits per heavy atom. The lowest BCUT2D eigenvalue weighted by molar-refractivity contribution is -0.221. The summed E-state index contributed by atoms with van der Waals surface area (Å²) in [5, 5.41) is 22.0. The highest BCUT2D eigenvalue weighted by molar-refractivity contribution is 5.87. The van der Waals surface area contributed by atoms with Crippen molar-refractivity contribution in [1.29, 1.82) is 0 Å². The maximum Gasteiger partial charge on any atom is 0.407 e. The number of fused-ring (bicyclic) bond motifs is 2. The number of aliphatic hydroxyl groups excluding tert-OH is 1. The summed E-state index contributed by atoms with van der Waals surface area (Å²) in [5.74, 6) is 0.836. The van der Waals surface area contributed by atoms with E-state index in [1.54, 1.807) is 23.6 Å². The van der Waals surface area contributed by atoms with Crippen molar-refractivity contribution >= 4 is 29.8 Å². The van der Waals surface area contributed by atoms with Crippen LogP contribution in [0.15, 0.2) is 67.1 Å². The molecule has 3 unspecified atom stereocenters. The molecule has 28 heteroatoms. The maximum atomic E-state index is 16.1. The number of pyridine rings is 1. The fourth-order valence-corrected chi connectivity index (χ4v) is 9.99.